The number of carbonyl (C=O) groups excluding carboxylic acids is 5. The Balaban J connectivity index is 1.53. The fourth-order valence-electron chi connectivity index (χ4n) is 6.12. The van der Waals surface area contributed by atoms with Gasteiger partial charge in [-0.15, -0.1) is 0 Å². The Morgan fingerprint density at radius 2 is 1.16 bits per heavy atom. The Morgan fingerprint density at radius 3 is 1.74 bits per heavy atom. The van der Waals surface area contributed by atoms with Gasteiger partial charge in [-0.25, -0.2) is 4.79 Å². The fraction of sp³-hybridized carbons (Fsp3) is 0.268. The minimum Gasteiger partial charge on any atom is -0.480 e. The molecule has 6 N–H and O–H groups in total. The second kappa shape index (κ2) is 19.1. The average Bonchev–Trinajstić information content (AvgIpc) is 3.17. The fourth-order valence-corrected chi connectivity index (χ4v) is 6.33. The lowest BCUT2D eigenvalue weighted by Gasteiger charge is -2.26. The minimum absolute atomic E-state index is 0.106. The predicted molar refractivity (Wildman–Crippen MR) is 204 cm³/mol. The van der Waals surface area contributed by atoms with Crippen molar-refractivity contribution in [2.75, 3.05) is 5.32 Å². The number of carbonyl (C=O) groups is 6. The second-order valence-electron chi connectivity index (χ2n) is 13.5. The molecule has 57 heavy (non-hydrogen) atoms. The SMILES string of the molecule is O=C1CCC(=O)N[C@H](Cc2ccccc2Cl)C(=O)N[C@@H](Cc2ccc(C(F)(F)F)cc2)C(=O)N[C@H](Cc2ccccc2)C(=O)N[C@@H](C(=O)O)Cc2ccc(cc2)N1. The zero-order valence-corrected chi connectivity index (χ0v) is 31.0. The van der Waals surface area contributed by atoms with Crippen LogP contribution in [0.5, 0.6) is 0 Å². The van der Waals surface area contributed by atoms with Crippen LogP contribution in [0.3, 0.4) is 0 Å². The molecule has 4 aromatic carbocycles. The second-order valence-corrected chi connectivity index (χ2v) is 13.9. The van der Waals surface area contributed by atoms with Gasteiger partial charge in [0.2, 0.25) is 29.5 Å². The summed E-state index contributed by atoms with van der Waals surface area (Å²) in [6.07, 6.45) is -6.02. The molecule has 0 saturated carbocycles. The van der Waals surface area contributed by atoms with Gasteiger partial charge in [-0.3, -0.25) is 24.0 Å². The van der Waals surface area contributed by atoms with Gasteiger partial charge in [0.1, 0.15) is 24.2 Å². The highest BCUT2D eigenvalue weighted by molar-refractivity contribution is 6.31. The topological polar surface area (TPSA) is 183 Å². The normalized spacial score (nSPS) is 20.2. The summed E-state index contributed by atoms with van der Waals surface area (Å²) in [5.41, 5.74) is 1.20. The molecule has 0 saturated heterocycles. The highest BCUT2D eigenvalue weighted by atomic mass is 35.5. The Labute approximate surface area is 330 Å². The lowest BCUT2D eigenvalue weighted by atomic mass is 9.99. The molecule has 0 unspecified atom stereocenters. The summed E-state index contributed by atoms with van der Waals surface area (Å²) in [5, 5.41) is 23.3. The van der Waals surface area contributed by atoms with Crippen LogP contribution >= 0.6 is 11.6 Å². The van der Waals surface area contributed by atoms with Crippen LogP contribution in [-0.2, 0) is 60.6 Å². The van der Waals surface area contributed by atoms with Crippen LogP contribution in [0, 0.1) is 0 Å². The zero-order chi connectivity index (χ0) is 41.1. The summed E-state index contributed by atoms with van der Waals surface area (Å²) >= 11 is 6.39. The lowest BCUT2D eigenvalue weighted by molar-refractivity contribution is -0.142. The van der Waals surface area contributed by atoms with E-state index >= 15 is 0 Å². The number of rotatable bonds is 7. The van der Waals surface area contributed by atoms with Crippen molar-refractivity contribution in [2.45, 2.75) is 68.9 Å². The van der Waals surface area contributed by atoms with Crippen molar-refractivity contribution in [3.63, 3.8) is 0 Å². The molecule has 12 nitrogen and oxygen atoms in total. The number of nitrogens with one attached hydrogen (secondary N) is 5. The first kappa shape index (κ1) is 41.9. The monoisotopic (exact) mass is 805 g/mol. The molecule has 16 heteroatoms. The van der Waals surface area contributed by atoms with Crippen LogP contribution in [0.2, 0.25) is 5.02 Å². The van der Waals surface area contributed by atoms with Gasteiger partial charge in [0.25, 0.3) is 0 Å². The van der Waals surface area contributed by atoms with Crippen LogP contribution in [0.15, 0.2) is 103 Å². The molecule has 0 fully saturated rings. The van der Waals surface area contributed by atoms with Gasteiger partial charge >= 0.3 is 12.1 Å². The predicted octanol–water partition coefficient (Wildman–Crippen LogP) is 4.39. The van der Waals surface area contributed by atoms with Gasteiger partial charge in [0.05, 0.1) is 5.56 Å². The van der Waals surface area contributed by atoms with E-state index in [9.17, 15) is 47.0 Å². The number of aliphatic carboxylic acids is 1. The Kier molecular flexibility index (Phi) is 14.0. The van der Waals surface area contributed by atoms with Gasteiger partial charge in [-0.1, -0.05) is 84.4 Å². The van der Waals surface area contributed by atoms with Crippen LogP contribution < -0.4 is 26.6 Å². The standard InChI is InChI=1S/C41H39ClF3N5O7/c42-30-9-5-4-8-27(30)23-33-39(55)49-32(21-25-10-14-28(15-11-25)41(43,44)45)37(53)48-31(20-24-6-2-1-3-7-24)38(54)50-34(40(56)57)22-26-12-16-29(17-13-26)46-35(51)18-19-36(52)47-33/h1-17,31-34H,18-23H2,(H,46,51)(H,47,52)(H,48,53)(H,49,55)(H,50,54)(H,56,57)/t31-,32+,33-,34-/m1/s1. The van der Waals surface area contributed by atoms with Crippen molar-refractivity contribution in [1.29, 1.82) is 0 Å². The maximum absolute atomic E-state index is 14.2. The number of halogens is 4. The van der Waals surface area contributed by atoms with Gasteiger partial charge in [0.15, 0.2) is 0 Å². The Hall–Kier alpha value is -6.22. The number of benzene rings is 4. The van der Waals surface area contributed by atoms with E-state index in [1.807, 2.05) is 0 Å². The van der Waals surface area contributed by atoms with E-state index in [4.69, 9.17) is 11.6 Å². The molecule has 0 spiro atoms. The Morgan fingerprint density at radius 1 is 0.632 bits per heavy atom. The number of alkyl halides is 3. The molecule has 5 amide bonds. The third-order valence-electron chi connectivity index (χ3n) is 9.17. The molecule has 2 bridgehead atoms. The molecule has 0 radical (unpaired) electrons. The first-order valence-corrected chi connectivity index (χ1v) is 18.3. The third-order valence-corrected chi connectivity index (χ3v) is 9.54. The first-order valence-electron chi connectivity index (χ1n) is 17.9. The Bertz CT molecular complexity index is 2080. The van der Waals surface area contributed by atoms with E-state index in [0.717, 1.165) is 24.3 Å². The molecule has 0 aromatic heterocycles. The van der Waals surface area contributed by atoms with Crippen LogP contribution in [0.1, 0.15) is 40.7 Å². The number of fused-ring (bicyclic) bond motifs is 18. The van der Waals surface area contributed by atoms with Gasteiger partial charge < -0.3 is 31.7 Å². The van der Waals surface area contributed by atoms with Crippen molar-refractivity contribution in [1.82, 2.24) is 21.3 Å². The highest BCUT2D eigenvalue weighted by Gasteiger charge is 2.33. The van der Waals surface area contributed by atoms with Gasteiger partial charge in [-0.2, -0.15) is 13.2 Å². The van der Waals surface area contributed by atoms with Crippen molar-refractivity contribution in [3.8, 4) is 0 Å². The van der Waals surface area contributed by atoms with E-state index in [1.54, 1.807) is 66.7 Å². The molecular formula is C41H39ClF3N5O7. The maximum atomic E-state index is 14.2. The maximum Gasteiger partial charge on any atom is 0.416 e. The van der Waals surface area contributed by atoms with Crippen molar-refractivity contribution in [3.05, 3.63) is 136 Å². The van der Waals surface area contributed by atoms with Crippen molar-refractivity contribution < 1.29 is 47.0 Å². The quantitative estimate of drug-likeness (QED) is 0.150. The number of carboxylic acids is 1. The molecule has 2 aliphatic rings. The summed E-state index contributed by atoms with van der Waals surface area (Å²) < 4.78 is 40.2. The van der Waals surface area contributed by atoms with Gasteiger partial charge in [-0.05, 0) is 52.6 Å². The van der Waals surface area contributed by atoms with Crippen molar-refractivity contribution >= 4 is 52.8 Å². The summed E-state index contributed by atoms with van der Waals surface area (Å²) in [6.45, 7) is 0. The largest absolute Gasteiger partial charge is 0.480 e. The van der Waals surface area contributed by atoms with Crippen LogP contribution in [-0.4, -0.2) is 64.8 Å². The van der Waals surface area contributed by atoms with E-state index in [0.29, 0.717) is 22.4 Å². The molecule has 2 aliphatic heterocycles. The van der Waals surface area contributed by atoms with E-state index in [2.05, 4.69) is 26.6 Å². The smallest absolute Gasteiger partial charge is 0.416 e. The average molecular weight is 806 g/mol. The highest BCUT2D eigenvalue weighted by Crippen LogP contribution is 2.29. The lowest BCUT2D eigenvalue weighted by Crippen LogP contribution is -2.59. The summed E-state index contributed by atoms with van der Waals surface area (Å²) in [4.78, 5) is 80.5. The number of anilines is 1. The minimum atomic E-state index is -4.64. The number of amides is 5. The zero-order valence-electron chi connectivity index (χ0n) is 30.3. The summed E-state index contributed by atoms with van der Waals surface area (Å²) in [6, 6.07) is 19.5. The molecule has 298 valence electrons. The summed E-state index contributed by atoms with van der Waals surface area (Å²) in [7, 11) is 0. The van der Waals surface area contributed by atoms with Crippen molar-refractivity contribution in [2.24, 2.45) is 0 Å². The molecular weight excluding hydrogens is 767 g/mol. The number of carboxylic acid groups (broad SMARTS) is 1. The number of hydrogen-bond acceptors (Lipinski definition) is 6. The third kappa shape index (κ3) is 12.4. The molecule has 4 aromatic rings. The molecule has 2 heterocycles. The number of hydrogen-bond donors (Lipinski definition) is 6. The van der Waals surface area contributed by atoms with Crippen LogP contribution in [0.4, 0.5) is 18.9 Å². The van der Waals surface area contributed by atoms with E-state index in [-0.39, 0.29) is 49.1 Å². The van der Waals surface area contributed by atoms with E-state index < -0.39 is 71.4 Å². The van der Waals surface area contributed by atoms with Crippen LogP contribution in [0.25, 0.3) is 0 Å². The molecule has 4 atom stereocenters. The molecule has 6 rings (SSSR count). The first-order chi connectivity index (χ1) is 27.1. The molecule has 0 aliphatic carbocycles. The summed E-state index contributed by atoms with van der Waals surface area (Å²) in [5.74, 6) is -5.23. The van der Waals surface area contributed by atoms with E-state index in [1.165, 1.54) is 12.1 Å². The van der Waals surface area contributed by atoms with Gasteiger partial charge in [0, 0.05) is 49.2 Å².